The molecule has 19 heavy (non-hydrogen) atoms. The summed E-state index contributed by atoms with van der Waals surface area (Å²) in [6, 6.07) is 9.32. The number of hydrogen-bond acceptors (Lipinski definition) is 2. The molecule has 0 heterocycles. The largest absolute Gasteiger partial charge is 0.309 e. The van der Waals surface area contributed by atoms with Crippen LogP contribution in [-0.2, 0) is 0 Å². The Labute approximate surface area is 135 Å². The molecule has 1 unspecified atom stereocenters. The van der Waals surface area contributed by atoms with Gasteiger partial charge in [-0.15, -0.1) is 0 Å². The van der Waals surface area contributed by atoms with Crippen LogP contribution in [0.5, 0.6) is 0 Å². The molecule has 0 aliphatic heterocycles. The molecule has 1 atom stereocenters. The van der Waals surface area contributed by atoms with Gasteiger partial charge in [0.1, 0.15) is 0 Å². The molecule has 0 aromatic heterocycles. The predicted molar refractivity (Wildman–Crippen MR) is 94.9 cm³/mol. The molecule has 2 rings (SSSR count). The molecular formula is C16H24INS. The minimum absolute atomic E-state index is 0.447. The SMILES string of the molecule is CSC1(CNC(C)c2ccc(I)cc2)CCCCC1. The molecule has 1 aliphatic carbocycles. The molecule has 0 amide bonds. The second-order valence-corrected chi connectivity index (χ2v) is 8.12. The quantitative estimate of drug-likeness (QED) is 0.711. The van der Waals surface area contributed by atoms with Crippen LogP contribution in [0.3, 0.4) is 0 Å². The predicted octanol–water partition coefficient (Wildman–Crippen LogP) is 5.01. The third kappa shape index (κ3) is 4.36. The van der Waals surface area contributed by atoms with E-state index >= 15 is 0 Å². The van der Waals surface area contributed by atoms with Gasteiger partial charge in [-0.1, -0.05) is 31.4 Å². The first-order valence-electron chi connectivity index (χ1n) is 7.19. The average molecular weight is 389 g/mol. The number of benzene rings is 1. The van der Waals surface area contributed by atoms with E-state index < -0.39 is 0 Å². The topological polar surface area (TPSA) is 12.0 Å². The first-order chi connectivity index (χ1) is 9.15. The summed E-state index contributed by atoms with van der Waals surface area (Å²) in [5.41, 5.74) is 1.40. The first kappa shape index (κ1) is 15.6. The van der Waals surface area contributed by atoms with Crippen LogP contribution < -0.4 is 5.32 Å². The number of halogens is 1. The van der Waals surface area contributed by atoms with Crippen molar-refractivity contribution >= 4 is 34.4 Å². The van der Waals surface area contributed by atoms with Crippen LogP contribution in [0.2, 0.25) is 0 Å². The normalized spacial score (nSPS) is 20.2. The summed E-state index contributed by atoms with van der Waals surface area (Å²) in [5.74, 6) is 0. The third-order valence-corrected chi connectivity index (χ3v) is 6.44. The van der Waals surface area contributed by atoms with Crippen molar-refractivity contribution in [2.24, 2.45) is 0 Å². The fourth-order valence-corrected chi connectivity index (χ4v) is 4.14. The highest BCUT2D eigenvalue weighted by molar-refractivity contribution is 14.1. The second-order valence-electron chi connectivity index (χ2n) is 5.60. The van der Waals surface area contributed by atoms with E-state index in [4.69, 9.17) is 0 Å². The van der Waals surface area contributed by atoms with Crippen LogP contribution in [0.15, 0.2) is 24.3 Å². The standard InChI is InChI=1S/C16H24INS/c1-13(14-6-8-15(17)9-7-14)18-12-16(19-2)10-4-3-5-11-16/h6-9,13,18H,3-5,10-12H2,1-2H3. The third-order valence-electron chi connectivity index (χ3n) is 4.30. The van der Waals surface area contributed by atoms with Gasteiger partial charge in [0, 0.05) is 20.9 Å². The maximum atomic E-state index is 3.76. The van der Waals surface area contributed by atoms with Crippen LogP contribution in [0.1, 0.15) is 50.6 Å². The molecule has 1 nitrogen and oxygen atoms in total. The molecule has 1 saturated carbocycles. The lowest BCUT2D eigenvalue weighted by molar-refractivity contribution is 0.367. The first-order valence-corrected chi connectivity index (χ1v) is 9.50. The van der Waals surface area contributed by atoms with Gasteiger partial charge in [0.25, 0.3) is 0 Å². The minimum atomic E-state index is 0.447. The molecule has 1 aromatic rings. The van der Waals surface area contributed by atoms with Crippen molar-refractivity contribution in [1.82, 2.24) is 5.32 Å². The highest BCUT2D eigenvalue weighted by Crippen LogP contribution is 2.38. The molecule has 0 radical (unpaired) electrons. The number of thioether (sulfide) groups is 1. The number of hydrogen-bond donors (Lipinski definition) is 1. The molecule has 1 fully saturated rings. The Morgan fingerprint density at radius 1 is 1.21 bits per heavy atom. The molecule has 0 saturated heterocycles. The zero-order valence-electron chi connectivity index (χ0n) is 11.9. The van der Waals surface area contributed by atoms with E-state index in [9.17, 15) is 0 Å². The monoisotopic (exact) mass is 389 g/mol. The molecule has 1 aliphatic rings. The fraction of sp³-hybridized carbons (Fsp3) is 0.625. The Morgan fingerprint density at radius 2 is 1.84 bits per heavy atom. The fourth-order valence-electron chi connectivity index (χ4n) is 2.86. The average Bonchev–Trinajstić information content (AvgIpc) is 2.46. The Bertz CT molecular complexity index is 384. The van der Waals surface area contributed by atoms with Crippen molar-refractivity contribution < 1.29 is 0 Å². The van der Waals surface area contributed by atoms with Gasteiger partial charge in [0.15, 0.2) is 0 Å². The molecular weight excluding hydrogens is 365 g/mol. The lowest BCUT2D eigenvalue weighted by Gasteiger charge is -2.37. The van der Waals surface area contributed by atoms with Gasteiger partial charge in [-0.25, -0.2) is 0 Å². The van der Waals surface area contributed by atoms with Crippen LogP contribution >= 0.6 is 34.4 Å². The number of nitrogens with one attached hydrogen (secondary N) is 1. The van der Waals surface area contributed by atoms with Crippen molar-refractivity contribution in [2.45, 2.75) is 49.8 Å². The highest BCUT2D eigenvalue weighted by Gasteiger charge is 2.31. The molecule has 3 heteroatoms. The van der Waals surface area contributed by atoms with Crippen LogP contribution in [0.4, 0.5) is 0 Å². The summed E-state index contributed by atoms with van der Waals surface area (Å²) >= 11 is 4.43. The zero-order valence-corrected chi connectivity index (χ0v) is 14.9. The van der Waals surface area contributed by atoms with Crippen molar-refractivity contribution in [1.29, 1.82) is 0 Å². The van der Waals surface area contributed by atoms with E-state index in [1.165, 1.54) is 41.2 Å². The number of rotatable bonds is 5. The smallest absolute Gasteiger partial charge is 0.0292 e. The van der Waals surface area contributed by atoms with E-state index in [0.717, 1.165) is 6.54 Å². The summed E-state index contributed by atoms with van der Waals surface area (Å²) in [6.07, 6.45) is 9.26. The molecule has 1 N–H and O–H groups in total. The van der Waals surface area contributed by atoms with Gasteiger partial charge in [-0.05, 0) is 66.3 Å². The maximum absolute atomic E-state index is 3.76. The summed E-state index contributed by atoms with van der Waals surface area (Å²) in [5, 5.41) is 3.76. The Hall–Kier alpha value is 0.260. The van der Waals surface area contributed by atoms with Crippen molar-refractivity contribution in [3.8, 4) is 0 Å². The lowest BCUT2D eigenvalue weighted by atomic mass is 9.88. The van der Waals surface area contributed by atoms with Gasteiger partial charge >= 0.3 is 0 Å². The van der Waals surface area contributed by atoms with Gasteiger partial charge in [0.05, 0.1) is 0 Å². The van der Waals surface area contributed by atoms with Gasteiger partial charge < -0.3 is 5.32 Å². The van der Waals surface area contributed by atoms with Crippen LogP contribution in [0.25, 0.3) is 0 Å². The molecule has 0 spiro atoms. The second kappa shape index (κ2) is 7.32. The van der Waals surface area contributed by atoms with Crippen molar-refractivity contribution in [3.05, 3.63) is 33.4 Å². The van der Waals surface area contributed by atoms with E-state index in [0.29, 0.717) is 10.8 Å². The lowest BCUT2D eigenvalue weighted by Crippen LogP contribution is -2.40. The van der Waals surface area contributed by atoms with E-state index in [2.05, 4.69) is 77.1 Å². The Kier molecular flexibility index (Phi) is 6.03. The highest BCUT2D eigenvalue weighted by atomic mass is 127. The van der Waals surface area contributed by atoms with E-state index in [-0.39, 0.29) is 0 Å². The van der Waals surface area contributed by atoms with Crippen LogP contribution in [0, 0.1) is 3.57 Å². The van der Waals surface area contributed by atoms with Gasteiger partial charge in [-0.2, -0.15) is 11.8 Å². The molecule has 0 bridgehead atoms. The molecule has 106 valence electrons. The van der Waals surface area contributed by atoms with Gasteiger partial charge in [0.2, 0.25) is 0 Å². The Morgan fingerprint density at radius 3 is 2.42 bits per heavy atom. The molecule has 1 aromatic carbocycles. The Balaban J connectivity index is 1.91. The summed E-state index contributed by atoms with van der Waals surface area (Å²) in [4.78, 5) is 0. The van der Waals surface area contributed by atoms with E-state index in [1.54, 1.807) is 0 Å². The summed E-state index contributed by atoms with van der Waals surface area (Å²) < 4.78 is 1.79. The minimum Gasteiger partial charge on any atom is -0.309 e. The maximum Gasteiger partial charge on any atom is 0.0292 e. The summed E-state index contributed by atoms with van der Waals surface area (Å²) in [6.45, 7) is 3.42. The summed E-state index contributed by atoms with van der Waals surface area (Å²) in [7, 11) is 0. The zero-order chi connectivity index (χ0) is 13.7. The van der Waals surface area contributed by atoms with E-state index in [1.807, 2.05) is 0 Å². The van der Waals surface area contributed by atoms with Crippen molar-refractivity contribution in [2.75, 3.05) is 12.8 Å². The van der Waals surface area contributed by atoms with Gasteiger partial charge in [-0.3, -0.25) is 0 Å². The van der Waals surface area contributed by atoms with Crippen LogP contribution in [-0.4, -0.2) is 17.5 Å². The van der Waals surface area contributed by atoms with Crippen molar-refractivity contribution in [3.63, 3.8) is 0 Å².